The molecule has 2 aromatic rings. The number of rotatable bonds is 5. The molecule has 8 heteroatoms. The van der Waals surface area contributed by atoms with E-state index in [2.05, 4.69) is 20.3 Å². The SMILES string of the molecule is COCC(=O)N1CCCC[C@@H]1c1cc(Nc2ncc(C)s2)nc(C)n1. The molecule has 3 heterocycles. The second-order valence-corrected chi connectivity index (χ2v) is 7.39. The molecule has 25 heavy (non-hydrogen) atoms. The highest BCUT2D eigenvalue weighted by Gasteiger charge is 2.29. The number of likely N-dealkylation sites (tertiary alicyclic amines) is 1. The number of nitrogens with zero attached hydrogens (tertiary/aromatic N) is 4. The van der Waals surface area contributed by atoms with E-state index in [1.807, 2.05) is 31.0 Å². The summed E-state index contributed by atoms with van der Waals surface area (Å²) in [6.45, 7) is 4.72. The van der Waals surface area contributed by atoms with Gasteiger partial charge in [0.15, 0.2) is 5.13 Å². The number of amides is 1. The van der Waals surface area contributed by atoms with Crippen molar-refractivity contribution in [2.24, 2.45) is 0 Å². The Morgan fingerprint density at radius 3 is 2.96 bits per heavy atom. The average Bonchev–Trinajstić information content (AvgIpc) is 2.99. The van der Waals surface area contributed by atoms with Gasteiger partial charge in [-0.25, -0.2) is 15.0 Å². The molecule has 0 bridgehead atoms. The summed E-state index contributed by atoms with van der Waals surface area (Å²) < 4.78 is 5.03. The molecule has 1 aliphatic heterocycles. The monoisotopic (exact) mass is 361 g/mol. The Bertz CT molecular complexity index is 748. The highest BCUT2D eigenvalue weighted by atomic mass is 32.1. The van der Waals surface area contributed by atoms with Crippen molar-refractivity contribution in [3.63, 3.8) is 0 Å². The van der Waals surface area contributed by atoms with E-state index in [0.29, 0.717) is 11.6 Å². The van der Waals surface area contributed by atoms with Crippen LogP contribution in [0.5, 0.6) is 0 Å². The number of methoxy groups -OCH3 is 1. The van der Waals surface area contributed by atoms with E-state index in [-0.39, 0.29) is 18.6 Å². The Kier molecular flexibility index (Phi) is 5.60. The Balaban J connectivity index is 1.85. The summed E-state index contributed by atoms with van der Waals surface area (Å²) in [7, 11) is 1.55. The minimum Gasteiger partial charge on any atom is -0.375 e. The smallest absolute Gasteiger partial charge is 0.249 e. The Labute approximate surface area is 151 Å². The zero-order chi connectivity index (χ0) is 17.8. The number of carbonyl (C=O) groups excluding carboxylic acids is 1. The number of anilines is 2. The lowest BCUT2D eigenvalue weighted by atomic mass is 9.99. The summed E-state index contributed by atoms with van der Waals surface area (Å²) in [5, 5.41) is 4.05. The number of piperidine rings is 1. The molecule has 0 aromatic carbocycles. The molecule has 1 aliphatic rings. The third kappa shape index (κ3) is 4.32. The largest absolute Gasteiger partial charge is 0.375 e. The number of aryl methyl sites for hydroxylation is 2. The third-order valence-electron chi connectivity index (χ3n) is 4.15. The van der Waals surface area contributed by atoms with Crippen LogP contribution in [0.25, 0.3) is 0 Å². The molecule has 134 valence electrons. The average molecular weight is 361 g/mol. The summed E-state index contributed by atoms with van der Waals surface area (Å²) in [5.41, 5.74) is 0.868. The number of ether oxygens (including phenoxy) is 1. The predicted octanol–water partition coefficient (Wildman–Crippen LogP) is 2.99. The normalized spacial score (nSPS) is 17.6. The zero-order valence-corrected chi connectivity index (χ0v) is 15.6. The van der Waals surface area contributed by atoms with Gasteiger partial charge in [-0.1, -0.05) is 0 Å². The van der Waals surface area contributed by atoms with Crippen molar-refractivity contribution >= 4 is 28.2 Å². The summed E-state index contributed by atoms with van der Waals surface area (Å²) >= 11 is 1.58. The van der Waals surface area contributed by atoms with Gasteiger partial charge in [-0.05, 0) is 33.1 Å². The summed E-state index contributed by atoms with van der Waals surface area (Å²) in [5.74, 6) is 1.40. The molecular formula is C17H23N5O2S. The topological polar surface area (TPSA) is 80.2 Å². The molecule has 1 N–H and O–H groups in total. The summed E-state index contributed by atoms with van der Waals surface area (Å²) in [6.07, 6.45) is 4.83. The van der Waals surface area contributed by atoms with E-state index in [0.717, 1.165) is 41.5 Å². The lowest BCUT2D eigenvalue weighted by Gasteiger charge is -2.35. The second-order valence-electron chi connectivity index (χ2n) is 6.16. The van der Waals surface area contributed by atoms with E-state index < -0.39 is 0 Å². The first-order chi connectivity index (χ1) is 12.1. The zero-order valence-electron chi connectivity index (χ0n) is 14.8. The van der Waals surface area contributed by atoms with E-state index in [9.17, 15) is 4.79 Å². The van der Waals surface area contributed by atoms with Crippen LogP contribution in [0.3, 0.4) is 0 Å². The second kappa shape index (κ2) is 7.88. The van der Waals surface area contributed by atoms with Crippen molar-refractivity contribution in [1.82, 2.24) is 19.9 Å². The van der Waals surface area contributed by atoms with Gasteiger partial charge in [0.2, 0.25) is 5.91 Å². The fourth-order valence-corrected chi connectivity index (χ4v) is 3.76. The van der Waals surface area contributed by atoms with Gasteiger partial charge < -0.3 is 15.0 Å². The predicted molar refractivity (Wildman–Crippen MR) is 97.1 cm³/mol. The van der Waals surface area contributed by atoms with Gasteiger partial charge in [0, 0.05) is 30.8 Å². The fraction of sp³-hybridized carbons (Fsp3) is 0.529. The van der Waals surface area contributed by atoms with Crippen LogP contribution in [0.15, 0.2) is 12.3 Å². The number of carbonyl (C=O) groups is 1. The van der Waals surface area contributed by atoms with Crippen molar-refractivity contribution < 1.29 is 9.53 Å². The maximum Gasteiger partial charge on any atom is 0.249 e. The molecule has 7 nitrogen and oxygen atoms in total. The lowest BCUT2D eigenvalue weighted by molar-refractivity contribution is -0.139. The molecule has 1 amide bonds. The number of thiazole rings is 1. The van der Waals surface area contributed by atoms with Crippen molar-refractivity contribution in [3.05, 3.63) is 28.7 Å². The minimum atomic E-state index is -0.0309. The van der Waals surface area contributed by atoms with E-state index in [1.165, 1.54) is 0 Å². The Morgan fingerprint density at radius 2 is 2.24 bits per heavy atom. The van der Waals surface area contributed by atoms with Gasteiger partial charge in [0.1, 0.15) is 18.2 Å². The molecule has 0 aliphatic carbocycles. The first kappa shape index (κ1) is 17.8. The molecule has 0 unspecified atom stereocenters. The van der Waals surface area contributed by atoms with Crippen molar-refractivity contribution in [1.29, 1.82) is 0 Å². The van der Waals surface area contributed by atoms with Gasteiger partial charge in [-0.3, -0.25) is 4.79 Å². The fourth-order valence-electron chi connectivity index (χ4n) is 3.09. The Hall–Kier alpha value is -2.06. The molecule has 1 saturated heterocycles. The number of hydrogen-bond acceptors (Lipinski definition) is 7. The van der Waals surface area contributed by atoms with Crippen LogP contribution < -0.4 is 5.32 Å². The van der Waals surface area contributed by atoms with Crippen molar-refractivity contribution in [2.45, 2.75) is 39.2 Å². The maximum absolute atomic E-state index is 12.4. The third-order valence-corrected chi connectivity index (χ3v) is 4.97. The van der Waals surface area contributed by atoms with Crippen LogP contribution in [0.2, 0.25) is 0 Å². The van der Waals surface area contributed by atoms with Crippen LogP contribution in [-0.2, 0) is 9.53 Å². The van der Waals surface area contributed by atoms with Crippen molar-refractivity contribution in [2.75, 3.05) is 25.6 Å². The summed E-state index contributed by atoms with van der Waals surface area (Å²) in [4.78, 5) is 28.8. The van der Waals surface area contributed by atoms with Gasteiger partial charge >= 0.3 is 0 Å². The van der Waals surface area contributed by atoms with Gasteiger partial charge in [0.25, 0.3) is 0 Å². The van der Waals surface area contributed by atoms with Gasteiger partial charge in [0.05, 0.1) is 11.7 Å². The molecule has 1 fully saturated rings. The molecular weight excluding hydrogens is 338 g/mol. The summed E-state index contributed by atoms with van der Waals surface area (Å²) in [6, 6.07) is 1.89. The van der Waals surface area contributed by atoms with E-state index in [4.69, 9.17) is 4.74 Å². The number of hydrogen-bond donors (Lipinski definition) is 1. The van der Waals surface area contributed by atoms with Crippen LogP contribution >= 0.6 is 11.3 Å². The molecule has 0 radical (unpaired) electrons. The standard InChI is InChI=1S/C17H23N5O2S/c1-11-9-18-17(25-11)21-15-8-13(19-12(2)20-15)14-6-4-5-7-22(14)16(23)10-24-3/h8-9,14H,4-7,10H2,1-3H3,(H,18,19,20,21)/t14-/m1/s1. The first-order valence-corrected chi connectivity index (χ1v) is 9.22. The van der Waals surface area contributed by atoms with Gasteiger partial charge in [-0.15, -0.1) is 11.3 Å². The molecule has 0 spiro atoms. The van der Waals surface area contributed by atoms with Gasteiger partial charge in [-0.2, -0.15) is 0 Å². The minimum absolute atomic E-state index is 0.00789. The molecule has 2 aromatic heterocycles. The van der Waals surface area contributed by atoms with E-state index in [1.54, 1.807) is 18.4 Å². The first-order valence-electron chi connectivity index (χ1n) is 8.40. The molecule has 3 rings (SSSR count). The highest BCUT2D eigenvalue weighted by molar-refractivity contribution is 7.15. The van der Waals surface area contributed by atoms with Crippen LogP contribution in [0.1, 0.15) is 41.7 Å². The van der Waals surface area contributed by atoms with Crippen LogP contribution in [0.4, 0.5) is 10.9 Å². The highest BCUT2D eigenvalue weighted by Crippen LogP contribution is 2.31. The van der Waals surface area contributed by atoms with E-state index >= 15 is 0 Å². The van der Waals surface area contributed by atoms with Crippen LogP contribution in [-0.4, -0.2) is 46.0 Å². The van der Waals surface area contributed by atoms with Crippen LogP contribution in [0, 0.1) is 13.8 Å². The Morgan fingerprint density at radius 1 is 1.40 bits per heavy atom. The maximum atomic E-state index is 12.4. The number of aromatic nitrogens is 3. The quantitative estimate of drug-likeness (QED) is 0.882. The lowest BCUT2D eigenvalue weighted by Crippen LogP contribution is -2.40. The number of nitrogens with one attached hydrogen (secondary N) is 1. The molecule has 0 saturated carbocycles. The van der Waals surface area contributed by atoms with Crippen molar-refractivity contribution in [3.8, 4) is 0 Å². The molecule has 1 atom stereocenters.